The standard InChI is InChI=1S/C22H15ClF5N3O3/c1-11-13(22(23)31(30-11)9-12-5-3-2-4-6-12)7-8-15(33)34-10-14(32)29-21-19(27)17(25)16(24)18(26)20(21)28/h2-8H,9-10H2,1H3,(H,29,32). The SMILES string of the molecule is Cc1nn(Cc2ccccc2)c(Cl)c1C=CC(=O)OCC(=O)Nc1c(F)c(F)c(F)c(F)c1F. The van der Waals surface area contributed by atoms with E-state index in [0.717, 1.165) is 11.6 Å². The Morgan fingerprint density at radius 1 is 1.03 bits per heavy atom. The van der Waals surface area contributed by atoms with Gasteiger partial charge in [0.25, 0.3) is 5.91 Å². The van der Waals surface area contributed by atoms with Crippen molar-refractivity contribution in [3.05, 3.63) is 87.5 Å². The highest BCUT2D eigenvalue weighted by Gasteiger charge is 2.27. The van der Waals surface area contributed by atoms with E-state index in [-0.39, 0.29) is 5.15 Å². The van der Waals surface area contributed by atoms with Gasteiger partial charge in [0.05, 0.1) is 12.2 Å². The number of carbonyl (C=O) groups excluding carboxylic acids is 2. The minimum Gasteiger partial charge on any atom is -0.452 e. The number of anilines is 1. The first-order valence-corrected chi connectivity index (χ1v) is 9.90. The van der Waals surface area contributed by atoms with Crippen molar-refractivity contribution in [2.24, 2.45) is 0 Å². The molecule has 0 spiro atoms. The van der Waals surface area contributed by atoms with Crippen LogP contribution in [-0.4, -0.2) is 28.3 Å². The number of ether oxygens (including phenoxy) is 1. The monoisotopic (exact) mass is 499 g/mol. The molecule has 0 bridgehead atoms. The number of rotatable bonds is 7. The van der Waals surface area contributed by atoms with Gasteiger partial charge in [-0.25, -0.2) is 31.4 Å². The molecule has 0 unspecified atom stereocenters. The van der Waals surface area contributed by atoms with Crippen molar-refractivity contribution in [2.45, 2.75) is 13.5 Å². The molecule has 0 atom stereocenters. The van der Waals surface area contributed by atoms with Crippen molar-refractivity contribution < 1.29 is 36.3 Å². The molecule has 0 saturated carbocycles. The van der Waals surface area contributed by atoms with Crippen molar-refractivity contribution in [1.82, 2.24) is 9.78 Å². The molecule has 0 aliphatic rings. The molecule has 6 nitrogen and oxygen atoms in total. The number of aryl methyl sites for hydroxylation is 1. The third-order valence-corrected chi connectivity index (χ3v) is 4.89. The van der Waals surface area contributed by atoms with Crippen LogP contribution in [-0.2, 0) is 20.9 Å². The average molecular weight is 500 g/mol. The van der Waals surface area contributed by atoms with Gasteiger partial charge in [-0.3, -0.25) is 4.79 Å². The fourth-order valence-electron chi connectivity index (χ4n) is 2.84. The Morgan fingerprint density at radius 3 is 2.24 bits per heavy atom. The number of hydrogen-bond acceptors (Lipinski definition) is 4. The van der Waals surface area contributed by atoms with Crippen LogP contribution in [0.15, 0.2) is 36.4 Å². The molecule has 34 heavy (non-hydrogen) atoms. The smallest absolute Gasteiger partial charge is 0.331 e. The van der Waals surface area contributed by atoms with Crippen molar-refractivity contribution in [3.8, 4) is 0 Å². The Morgan fingerprint density at radius 2 is 1.62 bits per heavy atom. The molecule has 1 heterocycles. The minimum atomic E-state index is -2.37. The highest BCUT2D eigenvalue weighted by atomic mass is 35.5. The van der Waals surface area contributed by atoms with Gasteiger partial charge in [0.2, 0.25) is 5.82 Å². The normalized spacial score (nSPS) is 11.1. The fraction of sp³-hybridized carbons (Fsp3) is 0.136. The van der Waals surface area contributed by atoms with Crippen LogP contribution in [0.2, 0.25) is 5.15 Å². The lowest BCUT2D eigenvalue weighted by Crippen LogP contribution is -2.22. The lowest BCUT2D eigenvalue weighted by molar-refractivity contribution is -0.142. The van der Waals surface area contributed by atoms with E-state index in [0.29, 0.717) is 17.8 Å². The maximum absolute atomic E-state index is 13.6. The summed E-state index contributed by atoms with van der Waals surface area (Å²) in [4.78, 5) is 23.7. The van der Waals surface area contributed by atoms with Crippen molar-refractivity contribution >= 4 is 35.2 Å². The van der Waals surface area contributed by atoms with E-state index < -0.39 is 53.3 Å². The predicted molar refractivity (Wildman–Crippen MR) is 112 cm³/mol. The first-order chi connectivity index (χ1) is 16.1. The molecule has 1 N–H and O–H groups in total. The zero-order valence-corrected chi connectivity index (χ0v) is 18.1. The molecule has 1 amide bonds. The maximum atomic E-state index is 13.6. The molecule has 0 fully saturated rings. The molecule has 12 heteroatoms. The van der Waals surface area contributed by atoms with Gasteiger partial charge < -0.3 is 10.1 Å². The molecule has 0 saturated heterocycles. The van der Waals surface area contributed by atoms with E-state index >= 15 is 0 Å². The Bertz CT molecular complexity index is 1250. The Labute approximate surface area is 194 Å². The van der Waals surface area contributed by atoms with E-state index in [4.69, 9.17) is 11.6 Å². The summed E-state index contributed by atoms with van der Waals surface area (Å²) in [6, 6.07) is 9.36. The number of esters is 1. The van der Waals surface area contributed by atoms with Crippen molar-refractivity contribution in [1.29, 1.82) is 0 Å². The molecule has 3 aromatic rings. The third kappa shape index (κ3) is 5.42. The molecule has 1 aromatic heterocycles. The summed E-state index contributed by atoms with van der Waals surface area (Å²) < 4.78 is 72.8. The summed E-state index contributed by atoms with van der Waals surface area (Å²) in [6.07, 6.45) is 2.24. The number of benzene rings is 2. The Kier molecular flexibility index (Phi) is 7.67. The van der Waals surface area contributed by atoms with Crippen LogP contribution in [0.3, 0.4) is 0 Å². The van der Waals surface area contributed by atoms with Crippen LogP contribution in [0.25, 0.3) is 6.08 Å². The molecule has 0 aliphatic carbocycles. The zero-order chi connectivity index (χ0) is 25.0. The summed E-state index contributed by atoms with van der Waals surface area (Å²) in [5, 5.41) is 6.03. The van der Waals surface area contributed by atoms with Gasteiger partial charge in [0.1, 0.15) is 10.8 Å². The molecule has 0 aliphatic heterocycles. The largest absolute Gasteiger partial charge is 0.452 e. The number of nitrogens with one attached hydrogen (secondary N) is 1. The quantitative estimate of drug-likeness (QED) is 0.167. The van der Waals surface area contributed by atoms with Gasteiger partial charge in [-0.1, -0.05) is 41.9 Å². The first-order valence-electron chi connectivity index (χ1n) is 9.53. The Balaban J connectivity index is 1.62. The number of amides is 1. The second-order valence-electron chi connectivity index (χ2n) is 6.87. The van der Waals surface area contributed by atoms with Gasteiger partial charge in [-0.15, -0.1) is 0 Å². The second kappa shape index (κ2) is 10.5. The predicted octanol–water partition coefficient (Wildman–Crippen LogP) is 4.78. The number of aromatic nitrogens is 2. The van der Waals surface area contributed by atoms with Crippen molar-refractivity contribution in [3.63, 3.8) is 0 Å². The van der Waals surface area contributed by atoms with Crippen LogP contribution >= 0.6 is 11.6 Å². The second-order valence-corrected chi connectivity index (χ2v) is 7.23. The lowest BCUT2D eigenvalue weighted by Gasteiger charge is -2.09. The van der Waals surface area contributed by atoms with Gasteiger partial charge in [0.15, 0.2) is 29.9 Å². The van der Waals surface area contributed by atoms with Gasteiger partial charge >= 0.3 is 5.97 Å². The molecule has 178 valence electrons. The number of hydrogen-bond donors (Lipinski definition) is 1. The van der Waals surface area contributed by atoms with Crippen molar-refractivity contribution in [2.75, 3.05) is 11.9 Å². The summed E-state index contributed by atoms with van der Waals surface area (Å²) in [5.74, 6) is -13.6. The minimum absolute atomic E-state index is 0.245. The van der Waals surface area contributed by atoms with Crippen LogP contribution in [0.4, 0.5) is 27.6 Å². The zero-order valence-electron chi connectivity index (χ0n) is 17.3. The van der Waals surface area contributed by atoms with Crippen LogP contribution in [0.1, 0.15) is 16.8 Å². The van der Waals surface area contributed by atoms with Gasteiger partial charge in [0, 0.05) is 11.6 Å². The Hall–Kier alpha value is -3.73. The van der Waals surface area contributed by atoms with Gasteiger partial charge in [-0.05, 0) is 18.6 Å². The van der Waals surface area contributed by atoms with E-state index in [1.165, 1.54) is 16.1 Å². The van der Waals surface area contributed by atoms with E-state index in [1.807, 2.05) is 30.3 Å². The first kappa shape index (κ1) is 24.9. The number of nitrogens with zero attached hydrogens (tertiary/aromatic N) is 2. The molecule has 3 rings (SSSR count). The van der Waals surface area contributed by atoms with Crippen LogP contribution in [0.5, 0.6) is 0 Å². The highest BCUT2D eigenvalue weighted by molar-refractivity contribution is 6.31. The van der Waals surface area contributed by atoms with Gasteiger partial charge in [-0.2, -0.15) is 5.10 Å². The summed E-state index contributed by atoms with van der Waals surface area (Å²) in [5.41, 5.74) is 0.317. The number of carbonyl (C=O) groups is 2. The molecule has 0 radical (unpaired) electrons. The van der Waals surface area contributed by atoms with Crippen LogP contribution in [0, 0.1) is 36.0 Å². The summed E-state index contributed by atoms with van der Waals surface area (Å²) >= 11 is 6.32. The van der Waals surface area contributed by atoms with Crippen LogP contribution < -0.4 is 5.32 Å². The average Bonchev–Trinajstić information content (AvgIpc) is 3.09. The highest BCUT2D eigenvalue weighted by Crippen LogP contribution is 2.27. The van der Waals surface area contributed by atoms with E-state index in [9.17, 15) is 31.5 Å². The maximum Gasteiger partial charge on any atom is 0.331 e. The van der Waals surface area contributed by atoms with E-state index in [2.05, 4.69) is 9.84 Å². The lowest BCUT2D eigenvalue weighted by atomic mass is 10.2. The fourth-order valence-corrected chi connectivity index (χ4v) is 3.14. The molecule has 2 aromatic carbocycles. The summed E-state index contributed by atoms with van der Waals surface area (Å²) in [6.45, 7) is 0.995. The third-order valence-electron chi connectivity index (χ3n) is 4.49. The van der Waals surface area contributed by atoms with E-state index in [1.54, 1.807) is 6.92 Å². The topological polar surface area (TPSA) is 73.2 Å². The molecular weight excluding hydrogens is 485 g/mol. The summed E-state index contributed by atoms with van der Waals surface area (Å²) in [7, 11) is 0. The molecular formula is C22H15ClF5N3O3. The number of halogens is 6.